The smallest absolute Gasteiger partial charge is 0.302 e. The highest BCUT2D eigenvalue weighted by molar-refractivity contribution is 9.10. The van der Waals surface area contributed by atoms with Gasteiger partial charge in [-0.25, -0.2) is 0 Å². The van der Waals surface area contributed by atoms with Gasteiger partial charge in [-0.15, -0.1) is 0 Å². The molecule has 1 atom stereocenters. The maximum atomic E-state index is 12.4. The summed E-state index contributed by atoms with van der Waals surface area (Å²) < 4.78 is 29.4. The first-order chi connectivity index (χ1) is 9.44. The standard InChI is InChI=1S/C12H16BrClN2O3S/c13-9-4-5-12(11(14)7-9)15-20(18,19)16-6-2-1-3-10(16)8-17/h4-5,7,10,15,17H,1-3,6,8H2. The molecule has 0 aromatic heterocycles. The van der Waals surface area contributed by atoms with Gasteiger partial charge in [0.1, 0.15) is 0 Å². The number of piperidine rings is 1. The number of hydrogen-bond donors (Lipinski definition) is 2. The van der Waals surface area contributed by atoms with Gasteiger partial charge in [0.25, 0.3) is 0 Å². The third-order valence-electron chi connectivity index (χ3n) is 3.26. The first-order valence-corrected chi connectivity index (χ1v) is 8.90. The van der Waals surface area contributed by atoms with Crippen LogP contribution in [0.3, 0.4) is 0 Å². The van der Waals surface area contributed by atoms with Crippen molar-refractivity contribution < 1.29 is 13.5 Å². The van der Waals surface area contributed by atoms with E-state index in [0.717, 1.165) is 17.3 Å². The van der Waals surface area contributed by atoms with Gasteiger partial charge in [0, 0.05) is 17.1 Å². The van der Waals surface area contributed by atoms with Gasteiger partial charge in [0.2, 0.25) is 0 Å². The second-order valence-electron chi connectivity index (χ2n) is 4.67. The number of anilines is 1. The lowest BCUT2D eigenvalue weighted by Gasteiger charge is -2.33. The van der Waals surface area contributed by atoms with Crippen molar-refractivity contribution in [2.45, 2.75) is 25.3 Å². The van der Waals surface area contributed by atoms with Crippen molar-refractivity contribution in [2.75, 3.05) is 17.9 Å². The summed E-state index contributed by atoms with van der Waals surface area (Å²) in [6.07, 6.45) is 2.40. The second-order valence-corrected chi connectivity index (χ2v) is 7.62. The number of rotatable bonds is 4. The monoisotopic (exact) mass is 382 g/mol. The molecule has 1 aliphatic rings. The van der Waals surface area contributed by atoms with Crippen LogP contribution < -0.4 is 4.72 Å². The minimum Gasteiger partial charge on any atom is -0.395 e. The molecule has 1 fully saturated rings. The zero-order chi connectivity index (χ0) is 14.8. The SMILES string of the molecule is O=S(=O)(Nc1ccc(Br)cc1Cl)N1CCCCC1CO. The van der Waals surface area contributed by atoms with Crippen molar-refractivity contribution in [3.8, 4) is 0 Å². The molecule has 1 aromatic rings. The van der Waals surface area contributed by atoms with Gasteiger partial charge in [-0.3, -0.25) is 4.72 Å². The predicted octanol–water partition coefficient (Wildman–Crippen LogP) is 2.61. The lowest BCUT2D eigenvalue weighted by atomic mass is 10.1. The Balaban J connectivity index is 2.21. The van der Waals surface area contributed by atoms with Crippen LogP contribution in [0.1, 0.15) is 19.3 Å². The third-order valence-corrected chi connectivity index (χ3v) is 5.64. The Morgan fingerprint density at radius 2 is 2.20 bits per heavy atom. The molecule has 112 valence electrons. The van der Waals surface area contributed by atoms with E-state index in [2.05, 4.69) is 20.7 Å². The molecule has 8 heteroatoms. The molecule has 20 heavy (non-hydrogen) atoms. The molecule has 1 heterocycles. The molecule has 1 aromatic carbocycles. The van der Waals surface area contributed by atoms with Crippen LogP contribution in [0.4, 0.5) is 5.69 Å². The Bertz CT molecular complexity index is 582. The molecule has 0 saturated carbocycles. The second kappa shape index (κ2) is 6.62. The first-order valence-electron chi connectivity index (χ1n) is 6.29. The Hall–Kier alpha value is -0.340. The molecular formula is C12H16BrClN2O3S. The van der Waals surface area contributed by atoms with Gasteiger partial charge in [-0.1, -0.05) is 34.0 Å². The van der Waals surface area contributed by atoms with Gasteiger partial charge < -0.3 is 5.11 Å². The van der Waals surface area contributed by atoms with Crippen molar-refractivity contribution in [2.24, 2.45) is 0 Å². The van der Waals surface area contributed by atoms with Gasteiger partial charge >= 0.3 is 10.2 Å². The van der Waals surface area contributed by atoms with Gasteiger partial charge in [0.05, 0.1) is 17.3 Å². The molecule has 2 N–H and O–H groups in total. The zero-order valence-electron chi connectivity index (χ0n) is 10.7. The molecule has 0 bridgehead atoms. The van der Waals surface area contributed by atoms with E-state index in [1.54, 1.807) is 18.2 Å². The quantitative estimate of drug-likeness (QED) is 0.839. The van der Waals surface area contributed by atoms with Crippen LogP contribution in [-0.4, -0.2) is 37.0 Å². The highest BCUT2D eigenvalue weighted by Crippen LogP contribution is 2.28. The minimum atomic E-state index is -3.71. The van der Waals surface area contributed by atoms with Crippen LogP contribution in [-0.2, 0) is 10.2 Å². The summed E-state index contributed by atoms with van der Waals surface area (Å²) >= 11 is 9.29. The normalized spacial score (nSPS) is 20.9. The maximum absolute atomic E-state index is 12.4. The summed E-state index contributed by atoms with van der Waals surface area (Å²) in [5.74, 6) is 0. The van der Waals surface area contributed by atoms with Crippen molar-refractivity contribution in [3.63, 3.8) is 0 Å². The van der Waals surface area contributed by atoms with Gasteiger partial charge in [0.15, 0.2) is 0 Å². The van der Waals surface area contributed by atoms with E-state index >= 15 is 0 Å². The van der Waals surface area contributed by atoms with E-state index in [0.29, 0.717) is 23.7 Å². The van der Waals surface area contributed by atoms with Crippen LogP contribution in [0.2, 0.25) is 5.02 Å². The third kappa shape index (κ3) is 3.65. The number of halogens is 2. The Kier molecular flexibility index (Phi) is 5.30. The maximum Gasteiger partial charge on any atom is 0.302 e. The molecule has 1 unspecified atom stereocenters. The number of hydrogen-bond acceptors (Lipinski definition) is 3. The summed E-state index contributed by atoms with van der Waals surface area (Å²) in [6, 6.07) is 4.57. The first kappa shape index (κ1) is 16.0. The number of nitrogens with one attached hydrogen (secondary N) is 1. The summed E-state index contributed by atoms with van der Waals surface area (Å²) in [7, 11) is -3.71. The van der Waals surface area contributed by atoms with Crippen LogP contribution in [0, 0.1) is 0 Å². The van der Waals surface area contributed by atoms with Crippen LogP contribution in [0.15, 0.2) is 22.7 Å². The predicted molar refractivity (Wildman–Crippen MR) is 83.1 cm³/mol. The topological polar surface area (TPSA) is 69.6 Å². The zero-order valence-corrected chi connectivity index (χ0v) is 13.9. The summed E-state index contributed by atoms with van der Waals surface area (Å²) in [5.41, 5.74) is 0.331. The Morgan fingerprint density at radius 3 is 2.85 bits per heavy atom. The fourth-order valence-electron chi connectivity index (χ4n) is 2.24. The van der Waals surface area contributed by atoms with E-state index in [-0.39, 0.29) is 12.6 Å². The van der Waals surface area contributed by atoms with E-state index in [4.69, 9.17) is 11.6 Å². The molecule has 1 saturated heterocycles. The highest BCUT2D eigenvalue weighted by atomic mass is 79.9. The molecule has 0 radical (unpaired) electrons. The molecule has 5 nitrogen and oxygen atoms in total. The fraction of sp³-hybridized carbons (Fsp3) is 0.500. The molecule has 0 aliphatic carbocycles. The highest BCUT2D eigenvalue weighted by Gasteiger charge is 2.32. The Morgan fingerprint density at radius 1 is 1.45 bits per heavy atom. The van der Waals surface area contributed by atoms with E-state index in [9.17, 15) is 13.5 Å². The van der Waals surface area contributed by atoms with E-state index in [1.165, 1.54) is 4.31 Å². The summed E-state index contributed by atoms with van der Waals surface area (Å²) in [5, 5.41) is 9.64. The largest absolute Gasteiger partial charge is 0.395 e. The average Bonchev–Trinajstić information content (AvgIpc) is 2.42. The lowest BCUT2D eigenvalue weighted by Crippen LogP contribution is -2.47. The molecule has 2 rings (SSSR count). The number of aliphatic hydroxyl groups is 1. The summed E-state index contributed by atoms with van der Waals surface area (Å²) in [4.78, 5) is 0. The number of nitrogens with zero attached hydrogens (tertiary/aromatic N) is 1. The van der Waals surface area contributed by atoms with E-state index < -0.39 is 10.2 Å². The summed E-state index contributed by atoms with van der Waals surface area (Å²) in [6.45, 7) is 0.240. The van der Waals surface area contributed by atoms with Crippen LogP contribution in [0.5, 0.6) is 0 Å². The molecule has 0 spiro atoms. The van der Waals surface area contributed by atoms with Crippen LogP contribution in [0.25, 0.3) is 0 Å². The van der Waals surface area contributed by atoms with Gasteiger partial charge in [-0.05, 0) is 31.0 Å². The van der Waals surface area contributed by atoms with Crippen molar-refractivity contribution >= 4 is 43.4 Å². The Labute approximate surface area is 132 Å². The van der Waals surface area contributed by atoms with E-state index in [1.807, 2.05) is 0 Å². The van der Waals surface area contributed by atoms with Crippen molar-refractivity contribution in [1.82, 2.24) is 4.31 Å². The van der Waals surface area contributed by atoms with Crippen LogP contribution >= 0.6 is 27.5 Å². The fourth-order valence-corrected chi connectivity index (χ4v) is 4.53. The minimum absolute atomic E-state index is 0.172. The number of aliphatic hydroxyl groups excluding tert-OH is 1. The molecular weight excluding hydrogens is 368 g/mol. The molecule has 1 aliphatic heterocycles. The lowest BCUT2D eigenvalue weighted by molar-refractivity contribution is 0.156. The average molecular weight is 384 g/mol. The van der Waals surface area contributed by atoms with Gasteiger partial charge in [-0.2, -0.15) is 12.7 Å². The molecule has 0 amide bonds. The van der Waals surface area contributed by atoms with Crippen molar-refractivity contribution in [3.05, 3.63) is 27.7 Å². The van der Waals surface area contributed by atoms with Crippen molar-refractivity contribution in [1.29, 1.82) is 0 Å². The number of benzene rings is 1.